The van der Waals surface area contributed by atoms with Crippen LogP contribution in [-0.2, 0) is 26.2 Å². The predicted octanol–water partition coefficient (Wildman–Crippen LogP) is 0.623. The van der Waals surface area contributed by atoms with Crippen LogP contribution in [0.15, 0.2) is 24.3 Å². The number of sulfonamides is 1. The molecule has 0 saturated heterocycles. The van der Waals surface area contributed by atoms with E-state index in [0.717, 1.165) is 5.56 Å². The van der Waals surface area contributed by atoms with E-state index in [4.69, 9.17) is 5.26 Å². The Hall–Kier alpha value is -2.48. The van der Waals surface area contributed by atoms with Crippen LogP contribution in [0.2, 0.25) is 0 Å². The molecule has 0 fully saturated rings. The summed E-state index contributed by atoms with van der Waals surface area (Å²) >= 11 is 0. The summed E-state index contributed by atoms with van der Waals surface area (Å²) in [4.78, 5) is 25.5. The molecule has 0 aliphatic rings. The molecular weight excluding hydrogens is 418 g/mol. The number of carbonyl (C=O) groups is 2. The standard InChI is InChI=1S/C21H33N5O4S/c1-5-11-31(29,30)26-19(15(3)6-2)21(28)25-18(14-23-4)20(27)24-13-17-9-7-16(12-22)8-10-17/h7-10,15,18-19,23,26H,5-6,11,13-14H2,1-4H3,(H,24,27)(H,25,28)/t15-,18+,19-/m1/s1. The lowest BCUT2D eigenvalue weighted by atomic mass is 9.99. The lowest BCUT2D eigenvalue weighted by molar-refractivity contribution is -0.130. The Morgan fingerprint density at radius 1 is 1.13 bits per heavy atom. The van der Waals surface area contributed by atoms with Crippen LogP contribution < -0.4 is 20.7 Å². The average molecular weight is 452 g/mol. The SMILES string of the molecule is CCCS(=O)(=O)N[C@@H](C(=O)N[C@@H](CNC)C(=O)NCc1ccc(C#N)cc1)[C@H](C)CC. The molecule has 0 bridgehead atoms. The van der Waals surface area contributed by atoms with Gasteiger partial charge in [0.05, 0.1) is 17.4 Å². The fourth-order valence-electron chi connectivity index (χ4n) is 2.87. The van der Waals surface area contributed by atoms with Crippen LogP contribution in [0, 0.1) is 17.2 Å². The highest BCUT2D eigenvalue weighted by Gasteiger charge is 2.31. The van der Waals surface area contributed by atoms with E-state index >= 15 is 0 Å². The zero-order valence-corrected chi connectivity index (χ0v) is 19.4. The van der Waals surface area contributed by atoms with Crippen molar-refractivity contribution in [2.45, 2.75) is 52.2 Å². The van der Waals surface area contributed by atoms with Gasteiger partial charge in [-0.1, -0.05) is 39.3 Å². The Kier molecular flexibility index (Phi) is 11.2. The highest BCUT2D eigenvalue weighted by molar-refractivity contribution is 7.89. The molecular formula is C21H33N5O4S. The van der Waals surface area contributed by atoms with Gasteiger partial charge in [-0.3, -0.25) is 9.59 Å². The van der Waals surface area contributed by atoms with Crippen LogP contribution >= 0.6 is 0 Å². The summed E-state index contributed by atoms with van der Waals surface area (Å²) in [6, 6.07) is 6.99. The van der Waals surface area contributed by atoms with Crippen molar-refractivity contribution in [2.75, 3.05) is 19.3 Å². The van der Waals surface area contributed by atoms with E-state index in [1.165, 1.54) is 0 Å². The zero-order chi connectivity index (χ0) is 23.4. The molecule has 3 atom stereocenters. The van der Waals surface area contributed by atoms with E-state index < -0.39 is 33.9 Å². The second-order valence-electron chi connectivity index (χ2n) is 7.45. The molecule has 0 aromatic heterocycles. The van der Waals surface area contributed by atoms with Crippen molar-refractivity contribution in [1.82, 2.24) is 20.7 Å². The van der Waals surface area contributed by atoms with Gasteiger partial charge in [-0.25, -0.2) is 13.1 Å². The minimum atomic E-state index is -3.60. The molecule has 0 heterocycles. The van der Waals surface area contributed by atoms with E-state index in [1.54, 1.807) is 45.2 Å². The molecule has 2 amide bonds. The molecule has 31 heavy (non-hydrogen) atoms. The van der Waals surface area contributed by atoms with Crippen molar-refractivity contribution in [3.63, 3.8) is 0 Å². The molecule has 0 unspecified atom stereocenters. The Bertz CT molecular complexity index is 865. The Morgan fingerprint density at radius 3 is 2.29 bits per heavy atom. The first-order valence-corrected chi connectivity index (χ1v) is 12.0. The number of amides is 2. The number of hydrogen-bond acceptors (Lipinski definition) is 6. The summed E-state index contributed by atoms with van der Waals surface area (Å²) in [5.74, 6) is -1.25. The number of rotatable bonds is 13. The zero-order valence-electron chi connectivity index (χ0n) is 18.6. The van der Waals surface area contributed by atoms with Gasteiger partial charge in [0.25, 0.3) is 0 Å². The molecule has 0 saturated carbocycles. The van der Waals surface area contributed by atoms with Gasteiger partial charge in [-0.15, -0.1) is 0 Å². The number of benzene rings is 1. The van der Waals surface area contributed by atoms with E-state index in [0.29, 0.717) is 18.4 Å². The van der Waals surface area contributed by atoms with Crippen molar-refractivity contribution in [3.8, 4) is 6.07 Å². The molecule has 1 aromatic carbocycles. The van der Waals surface area contributed by atoms with Gasteiger partial charge < -0.3 is 16.0 Å². The lowest BCUT2D eigenvalue weighted by Gasteiger charge is -2.26. The minimum Gasteiger partial charge on any atom is -0.350 e. The van der Waals surface area contributed by atoms with Gasteiger partial charge in [-0.05, 0) is 37.1 Å². The van der Waals surface area contributed by atoms with Gasteiger partial charge in [-0.2, -0.15) is 5.26 Å². The van der Waals surface area contributed by atoms with Gasteiger partial charge in [0, 0.05) is 13.1 Å². The number of nitriles is 1. The van der Waals surface area contributed by atoms with Crippen LogP contribution in [0.25, 0.3) is 0 Å². The number of likely N-dealkylation sites (N-methyl/N-ethyl adjacent to an activating group) is 1. The molecule has 4 N–H and O–H groups in total. The van der Waals surface area contributed by atoms with Crippen molar-refractivity contribution >= 4 is 21.8 Å². The largest absolute Gasteiger partial charge is 0.350 e. The third-order valence-electron chi connectivity index (χ3n) is 4.87. The predicted molar refractivity (Wildman–Crippen MR) is 119 cm³/mol. The maximum Gasteiger partial charge on any atom is 0.244 e. The fourth-order valence-corrected chi connectivity index (χ4v) is 4.25. The van der Waals surface area contributed by atoms with E-state index in [1.807, 2.05) is 13.0 Å². The van der Waals surface area contributed by atoms with Crippen LogP contribution in [0.3, 0.4) is 0 Å². The smallest absolute Gasteiger partial charge is 0.244 e. The van der Waals surface area contributed by atoms with Crippen molar-refractivity contribution in [3.05, 3.63) is 35.4 Å². The van der Waals surface area contributed by atoms with Crippen LogP contribution in [0.5, 0.6) is 0 Å². The molecule has 9 nitrogen and oxygen atoms in total. The second-order valence-corrected chi connectivity index (χ2v) is 9.32. The molecule has 1 aromatic rings. The van der Waals surface area contributed by atoms with Gasteiger partial charge >= 0.3 is 0 Å². The molecule has 0 aliphatic heterocycles. The van der Waals surface area contributed by atoms with Crippen LogP contribution in [0.1, 0.15) is 44.7 Å². The molecule has 0 aliphatic carbocycles. The average Bonchev–Trinajstić information content (AvgIpc) is 2.75. The summed E-state index contributed by atoms with van der Waals surface area (Å²) < 4.78 is 26.9. The first kappa shape index (κ1) is 26.6. The summed E-state index contributed by atoms with van der Waals surface area (Å²) in [5, 5.41) is 17.2. The number of hydrogen-bond donors (Lipinski definition) is 4. The maximum atomic E-state index is 12.9. The maximum absolute atomic E-state index is 12.9. The minimum absolute atomic E-state index is 0.0712. The summed E-state index contributed by atoms with van der Waals surface area (Å²) in [5.41, 5.74) is 1.34. The molecule has 0 spiro atoms. The molecule has 172 valence electrons. The van der Waals surface area contributed by atoms with Gasteiger partial charge in [0.1, 0.15) is 12.1 Å². The first-order valence-electron chi connectivity index (χ1n) is 10.4. The Morgan fingerprint density at radius 2 is 1.77 bits per heavy atom. The molecule has 1 rings (SSSR count). The van der Waals surface area contributed by atoms with E-state index in [9.17, 15) is 18.0 Å². The fraction of sp³-hybridized carbons (Fsp3) is 0.571. The quantitative estimate of drug-likeness (QED) is 0.347. The number of carbonyl (C=O) groups excluding carboxylic acids is 2. The summed E-state index contributed by atoms with van der Waals surface area (Å²) in [6.07, 6.45) is 1.03. The normalized spacial score (nSPS) is 14.2. The molecule has 10 heteroatoms. The Balaban J connectivity index is 2.85. The highest BCUT2D eigenvalue weighted by Crippen LogP contribution is 2.10. The number of nitrogens with one attached hydrogen (secondary N) is 4. The Labute approximate surface area is 185 Å². The van der Waals surface area contributed by atoms with Crippen molar-refractivity contribution < 1.29 is 18.0 Å². The number of nitrogens with zero attached hydrogens (tertiary/aromatic N) is 1. The monoisotopic (exact) mass is 451 g/mol. The summed E-state index contributed by atoms with van der Waals surface area (Å²) in [6.45, 7) is 5.82. The van der Waals surface area contributed by atoms with Crippen LogP contribution in [0.4, 0.5) is 0 Å². The first-order chi connectivity index (χ1) is 14.7. The highest BCUT2D eigenvalue weighted by atomic mass is 32.2. The summed E-state index contributed by atoms with van der Waals surface area (Å²) in [7, 11) is -1.95. The third kappa shape index (κ3) is 9.04. The van der Waals surface area contributed by atoms with E-state index in [-0.39, 0.29) is 24.8 Å². The lowest BCUT2D eigenvalue weighted by Crippen LogP contribution is -2.57. The van der Waals surface area contributed by atoms with Crippen LogP contribution in [-0.4, -0.2) is 51.7 Å². The topological polar surface area (TPSA) is 140 Å². The van der Waals surface area contributed by atoms with E-state index in [2.05, 4.69) is 20.7 Å². The van der Waals surface area contributed by atoms with Crippen molar-refractivity contribution in [1.29, 1.82) is 5.26 Å². The van der Waals surface area contributed by atoms with Crippen molar-refractivity contribution in [2.24, 2.45) is 5.92 Å². The third-order valence-corrected chi connectivity index (χ3v) is 6.42. The van der Waals surface area contributed by atoms with Gasteiger partial charge in [0.15, 0.2) is 0 Å². The second kappa shape index (κ2) is 13.0. The molecule has 0 radical (unpaired) electrons. The van der Waals surface area contributed by atoms with Gasteiger partial charge in [0.2, 0.25) is 21.8 Å².